The van der Waals surface area contributed by atoms with Crippen molar-refractivity contribution in [2.24, 2.45) is 0 Å². The molecular formula is C18H18FN3O4. The molecule has 3 rings (SSSR count). The molecule has 136 valence electrons. The second kappa shape index (κ2) is 7.81. The Balaban J connectivity index is 1.49. The van der Waals surface area contributed by atoms with Crippen molar-refractivity contribution in [3.05, 3.63) is 59.8 Å². The molecule has 0 bridgehead atoms. The van der Waals surface area contributed by atoms with E-state index in [1.807, 2.05) is 0 Å². The molecule has 0 atom stereocenters. The fourth-order valence-corrected chi connectivity index (χ4v) is 2.71. The van der Waals surface area contributed by atoms with Gasteiger partial charge in [-0.2, -0.15) is 0 Å². The van der Waals surface area contributed by atoms with E-state index in [1.165, 1.54) is 17.2 Å². The van der Waals surface area contributed by atoms with E-state index in [0.29, 0.717) is 18.7 Å². The van der Waals surface area contributed by atoms with Crippen LogP contribution in [-0.2, 0) is 16.1 Å². The second-order valence-electron chi connectivity index (χ2n) is 5.84. The average molecular weight is 359 g/mol. The van der Waals surface area contributed by atoms with E-state index in [9.17, 15) is 18.8 Å². The van der Waals surface area contributed by atoms with Crippen LogP contribution in [-0.4, -0.2) is 53.7 Å². The topological polar surface area (TPSA) is 82.9 Å². The normalized spacial score (nSPS) is 14.2. The van der Waals surface area contributed by atoms with Gasteiger partial charge in [-0.15, -0.1) is 0 Å². The summed E-state index contributed by atoms with van der Waals surface area (Å²) < 4.78 is 18.6. The predicted molar refractivity (Wildman–Crippen MR) is 89.4 cm³/mol. The third kappa shape index (κ3) is 3.90. The van der Waals surface area contributed by atoms with Gasteiger partial charge in [0.15, 0.2) is 5.76 Å². The molecule has 1 fully saturated rings. The molecular weight excluding hydrogens is 341 g/mol. The Morgan fingerprint density at radius 1 is 1.00 bits per heavy atom. The van der Waals surface area contributed by atoms with E-state index in [0.717, 1.165) is 0 Å². The smallest absolute Gasteiger partial charge is 0.312 e. The van der Waals surface area contributed by atoms with Gasteiger partial charge in [-0.25, -0.2) is 4.39 Å². The minimum atomic E-state index is -0.793. The zero-order valence-corrected chi connectivity index (χ0v) is 14.0. The molecule has 8 heteroatoms. The molecule has 0 saturated carbocycles. The molecule has 1 saturated heterocycles. The van der Waals surface area contributed by atoms with Gasteiger partial charge in [0.25, 0.3) is 5.91 Å². The zero-order valence-electron chi connectivity index (χ0n) is 14.0. The number of hydrogen-bond donors (Lipinski definition) is 1. The first kappa shape index (κ1) is 17.7. The second-order valence-corrected chi connectivity index (χ2v) is 5.84. The largest absolute Gasteiger partial charge is 0.459 e. The van der Waals surface area contributed by atoms with Gasteiger partial charge in [-0.3, -0.25) is 14.4 Å². The molecule has 0 aliphatic carbocycles. The van der Waals surface area contributed by atoms with Crippen molar-refractivity contribution < 1.29 is 23.2 Å². The van der Waals surface area contributed by atoms with Crippen LogP contribution in [0, 0.1) is 5.82 Å². The summed E-state index contributed by atoms with van der Waals surface area (Å²) in [4.78, 5) is 39.3. The van der Waals surface area contributed by atoms with Gasteiger partial charge in [0.05, 0.1) is 6.26 Å². The first-order valence-corrected chi connectivity index (χ1v) is 8.19. The van der Waals surface area contributed by atoms with Crippen LogP contribution in [0.3, 0.4) is 0 Å². The van der Waals surface area contributed by atoms with Gasteiger partial charge in [0, 0.05) is 38.3 Å². The van der Waals surface area contributed by atoms with Crippen molar-refractivity contribution in [1.29, 1.82) is 0 Å². The average Bonchev–Trinajstić information content (AvgIpc) is 3.21. The molecule has 0 unspecified atom stereocenters. The fraction of sp³-hybridized carbons (Fsp3) is 0.278. The molecule has 1 aliphatic rings. The van der Waals surface area contributed by atoms with Crippen molar-refractivity contribution in [2.45, 2.75) is 6.54 Å². The van der Waals surface area contributed by atoms with Gasteiger partial charge in [0.1, 0.15) is 5.82 Å². The summed E-state index contributed by atoms with van der Waals surface area (Å²) in [6, 6.07) is 9.25. The van der Waals surface area contributed by atoms with E-state index < -0.39 is 17.6 Å². The lowest BCUT2D eigenvalue weighted by Gasteiger charge is -2.33. The molecule has 7 nitrogen and oxygen atoms in total. The fourth-order valence-electron chi connectivity index (χ4n) is 2.71. The Morgan fingerprint density at radius 2 is 1.69 bits per heavy atom. The molecule has 1 N–H and O–H groups in total. The van der Waals surface area contributed by atoms with Gasteiger partial charge >= 0.3 is 11.8 Å². The van der Waals surface area contributed by atoms with Crippen LogP contribution >= 0.6 is 0 Å². The number of benzene rings is 1. The number of halogens is 1. The Bertz CT molecular complexity index is 799. The number of carbonyl (C=O) groups excluding carboxylic acids is 3. The SMILES string of the molecule is O=C(NCc1ccccc1F)C(=O)N1CCN(C(=O)c2ccco2)CC1. The van der Waals surface area contributed by atoms with Crippen LogP contribution in [0.15, 0.2) is 47.1 Å². The number of piperazine rings is 1. The van der Waals surface area contributed by atoms with E-state index >= 15 is 0 Å². The molecule has 3 amide bonds. The maximum Gasteiger partial charge on any atom is 0.312 e. The van der Waals surface area contributed by atoms with Crippen LogP contribution in [0.5, 0.6) is 0 Å². The molecule has 0 radical (unpaired) electrons. The first-order chi connectivity index (χ1) is 12.6. The van der Waals surface area contributed by atoms with Crippen LogP contribution in [0.1, 0.15) is 16.1 Å². The third-order valence-electron chi connectivity index (χ3n) is 4.18. The number of carbonyl (C=O) groups is 3. The highest BCUT2D eigenvalue weighted by Gasteiger charge is 2.29. The molecule has 0 spiro atoms. The van der Waals surface area contributed by atoms with E-state index in [1.54, 1.807) is 35.2 Å². The lowest BCUT2D eigenvalue weighted by Crippen LogP contribution is -2.53. The van der Waals surface area contributed by atoms with Crippen molar-refractivity contribution in [3.63, 3.8) is 0 Å². The van der Waals surface area contributed by atoms with Gasteiger partial charge < -0.3 is 19.5 Å². The quantitative estimate of drug-likeness (QED) is 0.830. The van der Waals surface area contributed by atoms with Crippen molar-refractivity contribution in [2.75, 3.05) is 26.2 Å². The lowest BCUT2D eigenvalue weighted by molar-refractivity contribution is -0.146. The van der Waals surface area contributed by atoms with Crippen molar-refractivity contribution >= 4 is 17.7 Å². The van der Waals surface area contributed by atoms with Crippen LogP contribution < -0.4 is 5.32 Å². The van der Waals surface area contributed by atoms with Crippen molar-refractivity contribution in [1.82, 2.24) is 15.1 Å². The number of rotatable bonds is 3. The molecule has 2 heterocycles. The van der Waals surface area contributed by atoms with E-state index in [4.69, 9.17) is 4.42 Å². The minimum absolute atomic E-state index is 0.0613. The van der Waals surface area contributed by atoms with Crippen LogP contribution in [0.2, 0.25) is 0 Å². The number of furan rings is 1. The summed E-state index contributed by atoms with van der Waals surface area (Å²) in [6.07, 6.45) is 1.42. The van der Waals surface area contributed by atoms with Gasteiger partial charge in [0.2, 0.25) is 0 Å². The number of nitrogens with zero attached hydrogens (tertiary/aromatic N) is 2. The molecule has 1 aromatic heterocycles. The van der Waals surface area contributed by atoms with E-state index in [2.05, 4.69) is 5.32 Å². The number of amides is 3. The summed E-state index contributed by atoms with van der Waals surface area (Å²) in [5, 5.41) is 2.43. The minimum Gasteiger partial charge on any atom is -0.459 e. The summed E-state index contributed by atoms with van der Waals surface area (Å²) in [5.74, 6) is -1.92. The maximum absolute atomic E-state index is 13.5. The molecule has 26 heavy (non-hydrogen) atoms. The molecule has 1 aromatic carbocycles. The Hall–Kier alpha value is -3.16. The monoisotopic (exact) mass is 359 g/mol. The Labute approximate surface area is 149 Å². The zero-order chi connectivity index (χ0) is 18.5. The highest BCUT2D eigenvalue weighted by atomic mass is 19.1. The highest BCUT2D eigenvalue weighted by molar-refractivity contribution is 6.35. The molecule has 2 aromatic rings. The van der Waals surface area contributed by atoms with Crippen molar-refractivity contribution in [3.8, 4) is 0 Å². The maximum atomic E-state index is 13.5. The van der Waals surface area contributed by atoms with Gasteiger partial charge in [-0.05, 0) is 18.2 Å². The predicted octanol–water partition coefficient (Wildman–Crippen LogP) is 1.02. The summed E-state index contributed by atoms with van der Waals surface area (Å²) in [7, 11) is 0. The highest BCUT2D eigenvalue weighted by Crippen LogP contribution is 2.10. The van der Waals surface area contributed by atoms with E-state index in [-0.39, 0.29) is 31.3 Å². The summed E-state index contributed by atoms with van der Waals surface area (Å²) >= 11 is 0. The molecule has 1 aliphatic heterocycles. The Morgan fingerprint density at radius 3 is 2.35 bits per heavy atom. The standard InChI is InChI=1S/C18H18FN3O4/c19-14-5-2-1-4-13(14)12-20-16(23)18(25)22-9-7-21(8-10-22)17(24)15-6-3-11-26-15/h1-6,11H,7-10,12H2,(H,20,23). The Kier molecular flexibility index (Phi) is 5.31. The summed E-state index contributed by atoms with van der Waals surface area (Å²) in [6.45, 7) is 1.06. The van der Waals surface area contributed by atoms with Gasteiger partial charge in [-0.1, -0.05) is 18.2 Å². The number of nitrogens with one attached hydrogen (secondary N) is 1. The van der Waals surface area contributed by atoms with Crippen LogP contribution in [0.4, 0.5) is 4.39 Å². The number of hydrogen-bond acceptors (Lipinski definition) is 4. The lowest BCUT2D eigenvalue weighted by atomic mass is 10.2. The first-order valence-electron chi connectivity index (χ1n) is 8.19. The summed E-state index contributed by atoms with van der Waals surface area (Å²) in [5.41, 5.74) is 0.308. The third-order valence-corrected chi connectivity index (χ3v) is 4.18. The van der Waals surface area contributed by atoms with Crippen LogP contribution in [0.25, 0.3) is 0 Å².